The van der Waals surface area contributed by atoms with Crippen LogP contribution in [0.25, 0.3) is 0 Å². The van der Waals surface area contributed by atoms with E-state index in [1.807, 2.05) is 13.0 Å². The zero-order valence-corrected chi connectivity index (χ0v) is 20.1. The Labute approximate surface area is 197 Å². The molecule has 170 valence electrons. The third-order valence-corrected chi connectivity index (χ3v) is 7.39. The molecule has 1 N–H and O–H groups in total. The Morgan fingerprint density at radius 1 is 1.25 bits per heavy atom. The number of pyridine rings is 1. The zero-order chi connectivity index (χ0) is 22.9. The molecule has 0 aliphatic heterocycles. The fraction of sp³-hybridized carbons (Fsp3) is 0.522. The summed E-state index contributed by atoms with van der Waals surface area (Å²) in [5, 5.41) is 14.9. The third-order valence-electron chi connectivity index (χ3n) is 5.22. The van der Waals surface area contributed by atoms with Gasteiger partial charge in [-0.05, 0) is 50.7 Å². The number of carbonyl (C=O) groups is 2. The summed E-state index contributed by atoms with van der Waals surface area (Å²) in [7, 11) is 0. The molecule has 0 fully saturated rings. The third kappa shape index (κ3) is 6.53. The van der Waals surface area contributed by atoms with Crippen molar-refractivity contribution in [3.8, 4) is 6.07 Å². The number of amides is 1. The summed E-state index contributed by atoms with van der Waals surface area (Å²) in [5.74, 6) is -0.529. The van der Waals surface area contributed by atoms with Crippen molar-refractivity contribution in [2.24, 2.45) is 0 Å². The van der Waals surface area contributed by atoms with E-state index in [0.29, 0.717) is 34.4 Å². The van der Waals surface area contributed by atoms with Crippen LogP contribution in [0.3, 0.4) is 0 Å². The van der Waals surface area contributed by atoms with Gasteiger partial charge >= 0.3 is 5.97 Å². The molecule has 1 unspecified atom stereocenters. The Hall–Kier alpha value is -2.44. The van der Waals surface area contributed by atoms with Gasteiger partial charge in [-0.2, -0.15) is 5.26 Å². The summed E-state index contributed by atoms with van der Waals surface area (Å²) in [6.07, 6.45) is 7.18. The van der Waals surface area contributed by atoms with Gasteiger partial charge in [-0.3, -0.25) is 9.59 Å². The largest absolute Gasteiger partial charge is 0.466 e. The number of ether oxygens (including phenoxy) is 1. The maximum absolute atomic E-state index is 12.9. The second-order valence-corrected chi connectivity index (χ2v) is 9.65. The van der Waals surface area contributed by atoms with E-state index in [9.17, 15) is 14.9 Å². The zero-order valence-electron chi connectivity index (χ0n) is 18.5. The first-order valence-corrected chi connectivity index (χ1v) is 12.8. The predicted molar refractivity (Wildman–Crippen MR) is 126 cm³/mol. The first-order valence-electron chi connectivity index (χ1n) is 11.0. The molecule has 2 heterocycles. The molecule has 32 heavy (non-hydrogen) atoms. The molecule has 7 nitrogen and oxygen atoms in total. The number of nitrogens with one attached hydrogen (secondary N) is 1. The van der Waals surface area contributed by atoms with Crippen LogP contribution in [-0.2, 0) is 33.6 Å². The Morgan fingerprint density at radius 2 is 2.03 bits per heavy atom. The number of nitrogens with zero attached hydrogens (tertiary/aromatic N) is 3. The smallest absolute Gasteiger partial charge is 0.311 e. The van der Waals surface area contributed by atoms with E-state index in [4.69, 9.17) is 9.72 Å². The summed E-state index contributed by atoms with van der Waals surface area (Å²) < 4.78 is 4.94. The number of hydrogen-bond donors (Lipinski definition) is 1. The van der Waals surface area contributed by atoms with Gasteiger partial charge < -0.3 is 10.1 Å². The normalized spacial score (nSPS) is 14.4. The van der Waals surface area contributed by atoms with Crippen molar-refractivity contribution in [3.05, 3.63) is 34.0 Å². The molecule has 1 aliphatic rings. The standard InChI is InChI=1S/C23H28N4O3S2/c1-3-19(21(29)27-23-25-17(14-31-23)12-20(28)30-4-2)32-22-16(13-24)11-15-9-7-5-6-8-10-18(15)26-22/h11,14,19H,3-10,12H2,1-2H3,(H,25,27,29). The van der Waals surface area contributed by atoms with Gasteiger partial charge in [0.05, 0.1) is 29.5 Å². The molecule has 3 rings (SSSR count). The summed E-state index contributed by atoms with van der Waals surface area (Å²) >= 11 is 2.61. The van der Waals surface area contributed by atoms with Crippen molar-refractivity contribution in [1.82, 2.24) is 9.97 Å². The Kier molecular flexibility index (Phi) is 9.06. The lowest BCUT2D eigenvalue weighted by atomic mass is 9.96. The number of rotatable bonds is 8. The van der Waals surface area contributed by atoms with Crippen molar-refractivity contribution in [2.75, 3.05) is 11.9 Å². The number of thiazole rings is 1. The average molecular weight is 473 g/mol. The van der Waals surface area contributed by atoms with Crippen LogP contribution in [0.2, 0.25) is 0 Å². The van der Waals surface area contributed by atoms with Crippen molar-refractivity contribution < 1.29 is 14.3 Å². The van der Waals surface area contributed by atoms with Gasteiger partial charge in [0, 0.05) is 11.1 Å². The second-order valence-electron chi connectivity index (χ2n) is 7.60. The minimum Gasteiger partial charge on any atom is -0.466 e. The SMILES string of the molecule is CCOC(=O)Cc1csc(NC(=O)C(CC)Sc2nc3c(cc2C#N)CCCCCC3)n1. The summed E-state index contributed by atoms with van der Waals surface area (Å²) in [6.45, 7) is 4.01. The van der Waals surface area contributed by atoms with E-state index >= 15 is 0 Å². The number of thioether (sulfide) groups is 1. The van der Waals surface area contributed by atoms with Gasteiger partial charge in [0.2, 0.25) is 5.91 Å². The number of esters is 1. The van der Waals surface area contributed by atoms with Crippen molar-refractivity contribution in [1.29, 1.82) is 5.26 Å². The van der Waals surface area contributed by atoms with E-state index in [-0.39, 0.29) is 18.3 Å². The van der Waals surface area contributed by atoms with Gasteiger partial charge in [-0.25, -0.2) is 9.97 Å². The van der Waals surface area contributed by atoms with E-state index in [2.05, 4.69) is 16.4 Å². The van der Waals surface area contributed by atoms with Crippen LogP contribution in [-0.4, -0.2) is 33.7 Å². The molecular weight excluding hydrogens is 444 g/mol. The topological polar surface area (TPSA) is 105 Å². The first kappa shape index (κ1) is 24.2. The Bertz CT molecular complexity index is 1000. The van der Waals surface area contributed by atoms with E-state index in [1.165, 1.54) is 41.5 Å². The highest BCUT2D eigenvalue weighted by molar-refractivity contribution is 8.00. The number of hydrogen-bond acceptors (Lipinski definition) is 8. The first-order chi connectivity index (χ1) is 15.5. The lowest BCUT2D eigenvalue weighted by Gasteiger charge is -2.17. The number of aromatic nitrogens is 2. The number of aryl methyl sites for hydroxylation is 2. The molecule has 0 saturated heterocycles. The lowest BCUT2D eigenvalue weighted by Crippen LogP contribution is -2.25. The monoisotopic (exact) mass is 472 g/mol. The molecule has 0 bridgehead atoms. The Balaban J connectivity index is 1.70. The van der Waals surface area contributed by atoms with Crippen LogP contribution in [0.5, 0.6) is 0 Å². The van der Waals surface area contributed by atoms with Gasteiger partial charge in [0.1, 0.15) is 11.1 Å². The van der Waals surface area contributed by atoms with Gasteiger partial charge in [-0.1, -0.05) is 31.5 Å². The molecule has 1 amide bonds. The summed E-state index contributed by atoms with van der Waals surface area (Å²) in [4.78, 5) is 33.7. The minimum atomic E-state index is -0.404. The molecule has 0 aromatic carbocycles. The highest BCUT2D eigenvalue weighted by Crippen LogP contribution is 2.31. The molecule has 1 aliphatic carbocycles. The van der Waals surface area contributed by atoms with Crippen molar-refractivity contribution in [3.63, 3.8) is 0 Å². The maximum Gasteiger partial charge on any atom is 0.311 e. The fourth-order valence-electron chi connectivity index (χ4n) is 3.59. The predicted octanol–water partition coefficient (Wildman–Crippen LogP) is 4.68. The van der Waals surface area contributed by atoms with Crippen LogP contribution < -0.4 is 5.32 Å². The molecule has 9 heteroatoms. The van der Waals surface area contributed by atoms with Crippen LogP contribution in [0, 0.1) is 11.3 Å². The summed E-state index contributed by atoms with van der Waals surface area (Å²) in [5.41, 5.74) is 3.33. The fourth-order valence-corrected chi connectivity index (χ4v) is 5.30. The molecule has 1 atom stereocenters. The molecule has 2 aromatic heterocycles. The van der Waals surface area contributed by atoms with E-state index in [1.54, 1.807) is 12.3 Å². The maximum atomic E-state index is 12.9. The van der Waals surface area contributed by atoms with Gasteiger partial charge in [0.25, 0.3) is 0 Å². The van der Waals surface area contributed by atoms with Crippen LogP contribution in [0.4, 0.5) is 5.13 Å². The number of fused-ring (bicyclic) bond motifs is 1. The van der Waals surface area contributed by atoms with Gasteiger partial charge in [0.15, 0.2) is 5.13 Å². The van der Waals surface area contributed by atoms with E-state index in [0.717, 1.165) is 31.4 Å². The van der Waals surface area contributed by atoms with Gasteiger partial charge in [-0.15, -0.1) is 11.3 Å². The molecule has 0 radical (unpaired) electrons. The average Bonchev–Trinajstić information content (AvgIpc) is 3.19. The minimum absolute atomic E-state index is 0.0801. The van der Waals surface area contributed by atoms with Crippen LogP contribution in [0.1, 0.15) is 68.5 Å². The highest BCUT2D eigenvalue weighted by atomic mass is 32.2. The number of nitriles is 1. The second kappa shape index (κ2) is 12.0. The van der Waals surface area contributed by atoms with Crippen molar-refractivity contribution >= 4 is 40.1 Å². The molecular formula is C23H28N4O3S2. The number of anilines is 1. The molecule has 2 aromatic rings. The van der Waals surface area contributed by atoms with Crippen LogP contribution >= 0.6 is 23.1 Å². The van der Waals surface area contributed by atoms with Crippen molar-refractivity contribution in [2.45, 2.75) is 75.5 Å². The molecule has 0 saturated carbocycles. The lowest BCUT2D eigenvalue weighted by molar-refractivity contribution is -0.142. The van der Waals surface area contributed by atoms with Crippen LogP contribution in [0.15, 0.2) is 16.5 Å². The highest BCUT2D eigenvalue weighted by Gasteiger charge is 2.23. The molecule has 0 spiro atoms. The summed E-state index contributed by atoms with van der Waals surface area (Å²) in [6, 6.07) is 4.22. The van der Waals surface area contributed by atoms with E-state index < -0.39 is 5.25 Å². The number of carbonyl (C=O) groups excluding carboxylic acids is 2. The Morgan fingerprint density at radius 3 is 2.75 bits per heavy atom. The quantitative estimate of drug-likeness (QED) is 0.439.